The van der Waals surface area contributed by atoms with Crippen LogP contribution in [0.4, 0.5) is 5.69 Å². The lowest BCUT2D eigenvalue weighted by Gasteiger charge is -2.07. The number of thioether (sulfide) groups is 1. The molecule has 27 heavy (non-hydrogen) atoms. The highest BCUT2D eigenvalue weighted by molar-refractivity contribution is 8.18. The van der Waals surface area contributed by atoms with Gasteiger partial charge in [0.15, 0.2) is 5.17 Å². The van der Waals surface area contributed by atoms with Gasteiger partial charge >= 0.3 is 5.97 Å². The van der Waals surface area contributed by atoms with Crippen LogP contribution in [0.3, 0.4) is 0 Å². The van der Waals surface area contributed by atoms with E-state index in [1.54, 1.807) is 49.6 Å². The van der Waals surface area contributed by atoms with E-state index >= 15 is 0 Å². The first-order chi connectivity index (χ1) is 13.0. The van der Waals surface area contributed by atoms with E-state index in [0.717, 1.165) is 11.8 Å². The number of carbonyl (C=O) groups is 2. The summed E-state index contributed by atoms with van der Waals surface area (Å²) in [6.45, 7) is 0. The molecule has 0 bridgehead atoms. The number of aromatic carboxylic acids is 1. The van der Waals surface area contributed by atoms with E-state index < -0.39 is 5.97 Å². The SMILES string of the molecule is COc1ccc(/C=C2\SC(=Nc3ccccc3C(=O)O)NC2=O)c(OC)c1. The number of amidine groups is 1. The van der Waals surface area contributed by atoms with Crippen molar-refractivity contribution in [2.45, 2.75) is 0 Å². The van der Waals surface area contributed by atoms with Gasteiger partial charge in [-0.05, 0) is 42.1 Å². The van der Waals surface area contributed by atoms with Crippen LogP contribution < -0.4 is 14.8 Å². The van der Waals surface area contributed by atoms with Crippen LogP contribution in [0.5, 0.6) is 11.5 Å². The fraction of sp³-hybridized carbons (Fsp3) is 0.105. The van der Waals surface area contributed by atoms with Gasteiger partial charge in [0.25, 0.3) is 5.91 Å². The van der Waals surface area contributed by atoms with E-state index in [9.17, 15) is 14.7 Å². The summed E-state index contributed by atoms with van der Waals surface area (Å²) in [5.41, 5.74) is 1.05. The van der Waals surface area contributed by atoms with Gasteiger partial charge in [0, 0.05) is 11.6 Å². The normalized spacial score (nSPS) is 16.4. The quantitative estimate of drug-likeness (QED) is 0.768. The van der Waals surface area contributed by atoms with Gasteiger partial charge in [-0.1, -0.05) is 12.1 Å². The van der Waals surface area contributed by atoms with Crippen LogP contribution in [-0.4, -0.2) is 36.4 Å². The highest BCUT2D eigenvalue weighted by Crippen LogP contribution is 2.32. The van der Waals surface area contributed by atoms with Crippen molar-refractivity contribution in [3.63, 3.8) is 0 Å². The van der Waals surface area contributed by atoms with Crippen LogP contribution in [-0.2, 0) is 4.79 Å². The van der Waals surface area contributed by atoms with Crippen LogP contribution >= 0.6 is 11.8 Å². The number of nitrogens with zero attached hydrogens (tertiary/aromatic N) is 1. The minimum Gasteiger partial charge on any atom is -0.497 e. The monoisotopic (exact) mass is 384 g/mol. The van der Waals surface area contributed by atoms with E-state index in [2.05, 4.69) is 10.3 Å². The van der Waals surface area contributed by atoms with Gasteiger partial charge in [0.1, 0.15) is 11.5 Å². The molecule has 1 fully saturated rings. The number of benzene rings is 2. The Balaban J connectivity index is 1.90. The summed E-state index contributed by atoms with van der Waals surface area (Å²) >= 11 is 1.13. The van der Waals surface area contributed by atoms with Crippen LogP contribution in [0.1, 0.15) is 15.9 Å². The molecule has 0 saturated carbocycles. The van der Waals surface area contributed by atoms with E-state index in [4.69, 9.17) is 9.47 Å². The molecular formula is C19H16N2O5S. The van der Waals surface area contributed by atoms with E-state index in [1.165, 1.54) is 13.2 Å². The van der Waals surface area contributed by atoms with Gasteiger partial charge in [-0.3, -0.25) is 4.79 Å². The number of rotatable bonds is 5. The number of carboxylic acids is 1. The Morgan fingerprint density at radius 3 is 2.67 bits per heavy atom. The molecule has 0 aromatic heterocycles. The summed E-state index contributed by atoms with van der Waals surface area (Å²) in [6.07, 6.45) is 1.68. The summed E-state index contributed by atoms with van der Waals surface area (Å²) in [7, 11) is 3.10. The second kappa shape index (κ2) is 7.96. The largest absolute Gasteiger partial charge is 0.497 e. The topological polar surface area (TPSA) is 97.2 Å². The average Bonchev–Trinajstić information content (AvgIpc) is 3.01. The van der Waals surface area contributed by atoms with Crippen molar-refractivity contribution in [3.8, 4) is 11.5 Å². The molecule has 138 valence electrons. The highest BCUT2D eigenvalue weighted by Gasteiger charge is 2.25. The molecule has 0 unspecified atom stereocenters. The summed E-state index contributed by atoms with van der Waals surface area (Å²) in [5.74, 6) is -0.186. The first kappa shape index (κ1) is 18.5. The molecule has 2 aromatic rings. The third kappa shape index (κ3) is 4.12. The highest BCUT2D eigenvalue weighted by atomic mass is 32.2. The Bertz CT molecular complexity index is 968. The lowest BCUT2D eigenvalue weighted by Crippen LogP contribution is -2.19. The van der Waals surface area contributed by atoms with Crippen LogP contribution in [0, 0.1) is 0 Å². The minimum absolute atomic E-state index is 0.0640. The Morgan fingerprint density at radius 1 is 1.19 bits per heavy atom. The van der Waals surface area contributed by atoms with E-state index in [1.807, 2.05) is 0 Å². The molecule has 3 rings (SSSR count). The molecule has 0 radical (unpaired) electrons. The standard InChI is InChI=1S/C19H16N2O5S/c1-25-12-8-7-11(15(10-12)26-2)9-16-17(22)21-19(27-16)20-14-6-4-3-5-13(14)18(23)24/h3-10H,1-2H3,(H,23,24)(H,20,21,22)/b16-9-. The second-order valence-corrected chi connectivity index (χ2v) is 6.44. The van der Waals surface area contributed by atoms with Crippen molar-refractivity contribution in [1.29, 1.82) is 0 Å². The molecule has 1 aliphatic rings. The van der Waals surface area contributed by atoms with Gasteiger partial charge in [0.05, 0.1) is 30.4 Å². The van der Waals surface area contributed by atoms with Crippen molar-refractivity contribution >= 4 is 40.6 Å². The van der Waals surface area contributed by atoms with Crippen LogP contribution in [0.25, 0.3) is 6.08 Å². The molecule has 1 heterocycles. The number of nitrogens with one attached hydrogen (secondary N) is 1. The fourth-order valence-corrected chi connectivity index (χ4v) is 3.25. The maximum absolute atomic E-state index is 12.3. The lowest BCUT2D eigenvalue weighted by atomic mass is 10.1. The summed E-state index contributed by atoms with van der Waals surface area (Å²) in [4.78, 5) is 28.2. The van der Waals surface area contributed by atoms with Crippen molar-refractivity contribution in [3.05, 3.63) is 58.5 Å². The molecule has 2 N–H and O–H groups in total. The number of hydrogen-bond acceptors (Lipinski definition) is 6. The van der Waals surface area contributed by atoms with Gasteiger partial charge < -0.3 is 19.9 Å². The molecule has 1 saturated heterocycles. The van der Waals surface area contributed by atoms with Crippen molar-refractivity contribution in [2.24, 2.45) is 4.99 Å². The predicted octanol–water partition coefficient (Wildman–Crippen LogP) is 3.29. The number of hydrogen-bond donors (Lipinski definition) is 2. The Kier molecular flexibility index (Phi) is 5.46. The second-order valence-electron chi connectivity index (χ2n) is 5.41. The third-order valence-corrected chi connectivity index (χ3v) is 4.64. The molecule has 2 aromatic carbocycles. The number of ether oxygens (including phenoxy) is 2. The number of aliphatic imine (C=N–C) groups is 1. The van der Waals surface area contributed by atoms with Crippen molar-refractivity contribution < 1.29 is 24.2 Å². The summed E-state index contributed by atoms with van der Waals surface area (Å²) in [5, 5.41) is 12.2. The molecule has 0 aliphatic carbocycles. The molecule has 1 amide bonds. The third-order valence-electron chi connectivity index (χ3n) is 3.73. The van der Waals surface area contributed by atoms with Gasteiger partial charge in [-0.2, -0.15) is 0 Å². The Hall–Kier alpha value is -3.26. The molecule has 1 aliphatic heterocycles. The molecular weight excluding hydrogens is 368 g/mol. The zero-order valence-electron chi connectivity index (χ0n) is 14.6. The summed E-state index contributed by atoms with van der Waals surface area (Å²) in [6, 6.07) is 11.6. The van der Waals surface area contributed by atoms with Crippen molar-refractivity contribution in [2.75, 3.05) is 14.2 Å². The van der Waals surface area contributed by atoms with Crippen molar-refractivity contribution in [1.82, 2.24) is 5.32 Å². The lowest BCUT2D eigenvalue weighted by molar-refractivity contribution is -0.115. The van der Waals surface area contributed by atoms with Gasteiger partial charge in [-0.15, -0.1) is 0 Å². The molecule has 8 heteroatoms. The number of amides is 1. The predicted molar refractivity (Wildman–Crippen MR) is 104 cm³/mol. The first-order valence-electron chi connectivity index (χ1n) is 7.85. The van der Waals surface area contributed by atoms with Crippen LogP contribution in [0.2, 0.25) is 0 Å². The number of para-hydroxylation sites is 1. The fourth-order valence-electron chi connectivity index (χ4n) is 2.42. The summed E-state index contributed by atoms with van der Waals surface area (Å²) < 4.78 is 10.5. The van der Waals surface area contributed by atoms with Gasteiger partial charge in [-0.25, -0.2) is 9.79 Å². The number of methoxy groups -OCH3 is 2. The maximum Gasteiger partial charge on any atom is 0.337 e. The number of carbonyl (C=O) groups excluding carboxylic acids is 1. The van der Waals surface area contributed by atoms with E-state index in [0.29, 0.717) is 27.1 Å². The first-order valence-corrected chi connectivity index (χ1v) is 8.67. The number of carboxylic acid groups (broad SMARTS) is 1. The maximum atomic E-state index is 12.3. The minimum atomic E-state index is -1.08. The van der Waals surface area contributed by atoms with Gasteiger partial charge in [0.2, 0.25) is 0 Å². The Morgan fingerprint density at radius 2 is 1.96 bits per heavy atom. The molecule has 0 spiro atoms. The van der Waals surface area contributed by atoms with E-state index in [-0.39, 0.29) is 17.2 Å². The molecule has 0 atom stereocenters. The van der Waals surface area contributed by atoms with Crippen LogP contribution in [0.15, 0.2) is 52.4 Å². The zero-order valence-corrected chi connectivity index (χ0v) is 15.4. The zero-order chi connectivity index (χ0) is 19.4. The Labute approximate surface area is 159 Å². The average molecular weight is 384 g/mol. The molecule has 7 nitrogen and oxygen atoms in total. The smallest absolute Gasteiger partial charge is 0.337 e.